The summed E-state index contributed by atoms with van der Waals surface area (Å²) in [6, 6.07) is 8.55. The second kappa shape index (κ2) is 39.2. The number of piperazine rings is 3. The van der Waals surface area contributed by atoms with E-state index in [1.165, 1.54) is 30.0 Å². The summed E-state index contributed by atoms with van der Waals surface area (Å²) in [7, 11) is 6.10. The lowest BCUT2D eigenvalue weighted by molar-refractivity contribution is -0.137. The molecule has 0 aliphatic carbocycles. The molecule has 6 N–H and O–H groups in total. The van der Waals surface area contributed by atoms with Crippen LogP contribution in [0, 0.1) is 76.4 Å². The Labute approximate surface area is 759 Å². The molecule has 38 heteroatoms. The van der Waals surface area contributed by atoms with Crippen molar-refractivity contribution < 1.29 is 59.3 Å². The summed E-state index contributed by atoms with van der Waals surface area (Å²) in [6.45, 7) is 43.4. The molecule has 3 aromatic carbocycles. The highest BCUT2D eigenvalue weighted by Gasteiger charge is 2.42. The largest absolute Gasteiger partial charge is 0.462 e. The van der Waals surface area contributed by atoms with Crippen molar-refractivity contribution in [2.45, 2.75) is 131 Å². The number of likely N-dealkylation sites (tertiary alicyclic amines) is 3. The van der Waals surface area contributed by atoms with Crippen LogP contribution < -0.4 is 46.1 Å². The third-order valence-electron chi connectivity index (χ3n) is 25.1. The zero-order chi connectivity index (χ0) is 93.5. The van der Waals surface area contributed by atoms with E-state index in [-0.39, 0.29) is 165 Å². The molecule has 0 saturated carbocycles. The third kappa shape index (κ3) is 20.2. The van der Waals surface area contributed by atoms with Crippen LogP contribution >= 0.6 is 34.8 Å². The number of fused-ring (bicyclic) bond motifs is 3. The Hall–Kier alpha value is -11.3. The number of amides is 3. The smallest absolute Gasteiger partial charge is 0.418 e. The maximum atomic E-state index is 16.6. The lowest BCUT2D eigenvalue weighted by atomic mass is 9.99. The molecule has 9 aromatic rings. The van der Waals surface area contributed by atoms with Crippen LogP contribution in [-0.4, -0.2) is 254 Å². The highest BCUT2D eigenvalue weighted by molar-refractivity contribution is 6.35. The first kappa shape index (κ1) is 95.3. The fourth-order valence-electron chi connectivity index (χ4n) is 18.4. The number of halogens is 10. The molecule has 0 spiro atoms. The predicted octanol–water partition coefficient (Wildman–Crippen LogP) is 14.8. The number of benzene rings is 3. The molecule has 28 nitrogen and oxygen atoms in total. The number of carbonyl (C=O) groups excluding carboxylic acids is 3. The number of nitrogens with two attached hydrogens (primary N) is 3. The standard InChI is InChI=1S/C31H32ClF5N8O2.2C30H37ClFN7O2/c1-15-8-18(43(5)12-15)14-47-30-41-26-20(28(42-30)44-6-7-45(29(46)17(3)33)19(13-44)11-39-4)10-21(32)23(25(26)34)27-24(31(35,36)37)16(2)9-22(38)40-27;2*1-7-24(40)38-8-9-39(18(4)14-38)29-21-12-22(31)25(27-19(5)17(3)11-23(33)34-27)26(32)28(21)35-30(36-29)41-15-20-10-16(2)13-37(20)6/h9-10,15,18-19H,3,6-8,11-14H2,1-2,5H3,(H2,38,40);2*7,11-12,16,18,20H,1,8-10,13-15H2,2-6H3,(H2,33,34)/t15-,18+,19+;16-,18+,20+;/m11./s1. The van der Waals surface area contributed by atoms with Gasteiger partial charge in [-0.15, -0.1) is 0 Å². The Morgan fingerprint density at radius 1 is 0.504 bits per heavy atom. The lowest BCUT2D eigenvalue weighted by Gasteiger charge is -2.40. The molecule has 3 unspecified atom stereocenters. The van der Waals surface area contributed by atoms with Crippen LogP contribution in [0.2, 0.25) is 15.1 Å². The number of likely N-dealkylation sites (N-methyl/N-ethyl adjacent to an activating group) is 3. The Bertz CT molecular complexity index is 5710. The van der Waals surface area contributed by atoms with Crippen molar-refractivity contribution >= 4 is 120 Å². The van der Waals surface area contributed by atoms with E-state index in [4.69, 9.17) is 82.8 Å². The van der Waals surface area contributed by atoms with Crippen molar-refractivity contribution in [1.29, 1.82) is 0 Å². The molecule has 6 fully saturated rings. The zero-order valence-corrected chi connectivity index (χ0v) is 76.6. The van der Waals surface area contributed by atoms with Crippen LogP contribution in [0.15, 0.2) is 74.1 Å². The number of nitrogens with zero attached hydrogens (tertiary/aromatic N) is 19. The minimum Gasteiger partial charge on any atom is -0.462 e. The second-order valence-corrected chi connectivity index (χ2v) is 35.9. The van der Waals surface area contributed by atoms with Crippen molar-refractivity contribution in [2.24, 2.45) is 17.8 Å². The minimum absolute atomic E-state index is 0.00892. The van der Waals surface area contributed by atoms with E-state index in [9.17, 15) is 31.9 Å². The van der Waals surface area contributed by atoms with Gasteiger partial charge in [0.25, 0.3) is 5.91 Å². The van der Waals surface area contributed by atoms with E-state index in [1.54, 1.807) is 39.0 Å². The number of aromatic nitrogens is 9. The van der Waals surface area contributed by atoms with E-state index in [1.807, 2.05) is 48.6 Å². The van der Waals surface area contributed by atoms with E-state index in [2.05, 4.69) is 119 Å². The zero-order valence-electron chi connectivity index (χ0n) is 74.3. The summed E-state index contributed by atoms with van der Waals surface area (Å²) in [5.74, 6) is -1.81. The molecule has 0 radical (unpaired) electrons. The summed E-state index contributed by atoms with van der Waals surface area (Å²) in [4.78, 5) is 97.8. The quantitative estimate of drug-likeness (QED) is 0.0385. The van der Waals surface area contributed by atoms with E-state index >= 15 is 13.2 Å². The van der Waals surface area contributed by atoms with Gasteiger partial charge in [-0.2, -0.15) is 43.1 Å². The molecule has 6 aromatic heterocycles. The van der Waals surface area contributed by atoms with Gasteiger partial charge in [-0.3, -0.25) is 29.1 Å². The van der Waals surface area contributed by atoms with Gasteiger partial charge in [-0.1, -0.05) is 75.3 Å². The van der Waals surface area contributed by atoms with Gasteiger partial charge in [0.15, 0.2) is 23.3 Å². The molecule has 6 aliphatic heterocycles. The van der Waals surface area contributed by atoms with Crippen LogP contribution in [0.4, 0.5) is 65.6 Å². The van der Waals surface area contributed by atoms with Crippen LogP contribution in [0.25, 0.3) is 71.3 Å². The number of nitrogen functional groups attached to an aromatic ring is 3. The van der Waals surface area contributed by atoms with Crippen molar-refractivity contribution in [3.8, 4) is 51.8 Å². The summed E-state index contributed by atoms with van der Waals surface area (Å²) in [5, 5.41) is 0.930. The highest BCUT2D eigenvalue weighted by Crippen LogP contribution is 2.48. The van der Waals surface area contributed by atoms with Gasteiger partial charge in [0.2, 0.25) is 18.4 Å². The Kier molecular flexibility index (Phi) is 28.9. The van der Waals surface area contributed by atoms with Crippen LogP contribution in [0.1, 0.15) is 87.3 Å². The maximum absolute atomic E-state index is 16.6. The molecular formula is C91H106Cl3F7N22O6. The lowest BCUT2D eigenvalue weighted by Crippen LogP contribution is -2.56. The SMILES string of the molecule is C=CC(=O)N1CCN(c2nc(OCC3CC(C)CN3C)nc3c(F)c(-c4nc(N)cc(C)c4C)c(Cl)cc23)C(C)C1.C=CC(=O)N1CCN(c2nc(OC[C@@H]3C[C@@H](C)CN3C)nc3c(F)c(-c4nc(N)cc(C)c4C)c(Cl)cc23)[C@@H](C)C1.[C-]#[N+]C[C@H]1CN(c2nc(OC[C@@H]3C[C@@H](C)CN3C)nc3c(F)c(-c4nc(N)cc(C)c4C(F)(F)F)c(Cl)cc23)CCN1C(=O)C(=C)F. The highest BCUT2D eigenvalue weighted by atomic mass is 35.5. The number of alkyl halides is 3. The molecule has 129 heavy (non-hydrogen) atoms. The average molecular weight is 1840 g/mol. The van der Waals surface area contributed by atoms with Gasteiger partial charge >= 0.3 is 24.2 Å². The number of rotatable bonds is 19. The third-order valence-corrected chi connectivity index (χ3v) is 26.0. The van der Waals surface area contributed by atoms with Crippen LogP contribution in [-0.2, 0) is 20.6 Å². The second-order valence-electron chi connectivity index (χ2n) is 34.7. The van der Waals surface area contributed by atoms with Gasteiger partial charge in [0, 0.05) is 125 Å². The summed E-state index contributed by atoms with van der Waals surface area (Å²) in [5.41, 5.74) is 19.1. The Balaban J connectivity index is 0.000000166. The molecular weight excluding hydrogens is 1740 g/mol. The molecule has 12 heterocycles. The molecule has 686 valence electrons. The first-order chi connectivity index (χ1) is 61.1. The first-order valence-electron chi connectivity index (χ1n) is 42.6. The Morgan fingerprint density at radius 3 is 1.20 bits per heavy atom. The van der Waals surface area contributed by atoms with Crippen LogP contribution in [0.5, 0.6) is 18.0 Å². The summed E-state index contributed by atoms with van der Waals surface area (Å²) in [6.07, 6.45) is 0.558. The van der Waals surface area contributed by atoms with Gasteiger partial charge in [0.1, 0.15) is 77.3 Å². The average Bonchev–Trinajstić information content (AvgIpc) is 0.865. The van der Waals surface area contributed by atoms with E-state index in [0.29, 0.717) is 104 Å². The number of pyridine rings is 3. The van der Waals surface area contributed by atoms with Crippen molar-refractivity contribution in [1.82, 2.24) is 74.3 Å². The number of hydrogen-bond donors (Lipinski definition) is 3. The molecule has 15 rings (SSSR count). The van der Waals surface area contributed by atoms with Gasteiger partial charge in [-0.05, 0) is 183 Å². The van der Waals surface area contributed by atoms with Gasteiger partial charge < -0.3 is 65.7 Å². The monoisotopic (exact) mass is 1840 g/mol. The predicted molar refractivity (Wildman–Crippen MR) is 489 cm³/mol. The Morgan fingerprint density at radius 2 is 0.860 bits per heavy atom. The molecule has 6 saturated heterocycles. The number of aryl methyl sites for hydroxylation is 3. The molecule has 9 atom stereocenters. The number of hydrogen-bond acceptors (Lipinski definition) is 24. The first-order valence-corrected chi connectivity index (χ1v) is 43.7. The number of carbonyl (C=O) groups is 3. The molecule has 0 bridgehead atoms. The summed E-state index contributed by atoms with van der Waals surface area (Å²) < 4.78 is 125. The maximum Gasteiger partial charge on any atom is 0.418 e. The van der Waals surface area contributed by atoms with Gasteiger partial charge in [0.05, 0.1) is 54.4 Å². The number of anilines is 6. The van der Waals surface area contributed by atoms with E-state index in [0.717, 1.165) is 67.2 Å². The van der Waals surface area contributed by atoms with Crippen LogP contribution in [0.3, 0.4) is 0 Å². The topological polar surface area (TPSA) is 306 Å². The summed E-state index contributed by atoms with van der Waals surface area (Å²) >= 11 is 20.1. The number of ether oxygens (including phenoxy) is 3. The fraction of sp³-hybridized carbons (Fsp3) is 0.462. The van der Waals surface area contributed by atoms with Crippen molar-refractivity contribution in [3.05, 3.63) is 151 Å². The molecule has 3 amide bonds. The van der Waals surface area contributed by atoms with Gasteiger partial charge in [-0.25, -0.2) is 39.1 Å². The normalized spacial score (nSPS) is 21.1. The minimum atomic E-state index is -4.92. The van der Waals surface area contributed by atoms with Crippen molar-refractivity contribution in [3.63, 3.8) is 0 Å². The van der Waals surface area contributed by atoms with Crippen molar-refractivity contribution in [2.75, 3.05) is 158 Å². The molecule has 6 aliphatic rings. The van der Waals surface area contributed by atoms with E-state index < -0.39 is 63.2 Å². The fourth-order valence-corrected chi connectivity index (χ4v) is 19.2.